The molecule has 132 valence electrons. The van der Waals surface area contributed by atoms with Gasteiger partial charge in [0, 0.05) is 24.5 Å². The van der Waals surface area contributed by atoms with Gasteiger partial charge in [-0.05, 0) is 47.5 Å². The number of hydrogen-bond donors (Lipinski definition) is 1. The molecule has 1 amide bonds. The third-order valence-corrected chi connectivity index (χ3v) is 5.62. The lowest BCUT2D eigenvalue weighted by molar-refractivity contribution is -0.122. The smallest absolute Gasteiger partial charge is 0.234 e. The lowest BCUT2D eigenvalue weighted by atomic mass is 10.1. The van der Waals surface area contributed by atoms with E-state index in [9.17, 15) is 4.79 Å². The summed E-state index contributed by atoms with van der Waals surface area (Å²) in [7, 11) is 0. The van der Waals surface area contributed by atoms with Crippen LogP contribution in [0.4, 0.5) is 0 Å². The van der Waals surface area contributed by atoms with Gasteiger partial charge in [-0.25, -0.2) is 0 Å². The Bertz CT molecular complexity index is 759. The van der Waals surface area contributed by atoms with Gasteiger partial charge in [-0.2, -0.15) is 0 Å². The normalized spacial score (nSPS) is 16.3. The van der Waals surface area contributed by atoms with Crippen molar-refractivity contribution in [2.24, 2.45) is 0 Å². The molecule has 2 aromatic rings. The first-order chi connectivity index (χ1) is 12.3. The van der Waals surface area contributed by atoms with Crippen molar-refractivity contribution in [3.63, 3.8) is 0 Å². The quantitative estimate of drug-likeness (QED) is 0.891. The molecule has 0 saturated carbocycles. The van der Waals surface area contributed by atoms with Gasteiger partial charge < -0.3 is 14.8 Å². The highest BCUT2D eigenvalue weighted by Gasteiger charge is 2.19. The van der Waals surface area contributed by atoms with Crippen LogP contribution in [0.5, 0.6) is 11.5 Å². The Balaban J connectivity index is 1.23. The second kappa shape index (κ2) is 7.45. The second-order valence-corrected chi connectivity index (χ2v) is 7.41. The van der Waals surface area contributed by atoms with Crippen molar-refractivity contribution in [1.82, 2.24) is 10.2 Å². The summed E-state index contributed by atoms with van der Waals surface area (Å²) in [4.78, 5) is 15.9. The highest BCUT2D eigenvalue weighted by atomic mass is 32.1. The molecule has 0 saturated heterocycles. The first-order valence-corrected chi connectivity index (χ1v) is 9.59. The van der Waals surface area contributed by atoms with Crippen LogP contribution >= 0.6 is 11.3 Å². The van der Waals surface area contributed by atoms with E-state index in [0.29, 0.717) is 26.3 Å². The molecule has 0 fully saturated rings. The SMILES string of the molecule is O=C(CN1CCc2sccc2C1)NCCc1ccc2c(c1)OCCO2. The average Bonchev–Trinajstić information content (AvgIpc) is 3.09. The standard InChI is InChI=1S/C19H22N2O3S/c22-19(13-21-7-4-18-15(12-21)5-10-25-18)20-6-3-14-1-2-16-17(11-14)24-9-8-23-16/h1-2,5,10-11H,3-4,6-9,12-13H2,(H,20,22). The largest absolute Gasteiger partial charge is 0.486 e. The van der Waals surface area contributed by atoms with Gasteiger partial charge in [-0.3, -0.25) is 9.69 Å². The number of nitrogens with one attached hydrogen (secondary N) is 1. The first-order valence-electron chi connectivity index (χ1n) is 8.71. The average molecular weight is 358 g/mol. The molecule has 0 bridgehead atoms. The van der Waals surface area contributed by atoms with Crippen LogP contribution in [-0.2, 0) is 24.2 Å². The van der Waals surface area contributed by atoms with E-state index in [1.165, 1.54) is 10.4 Å². The summed E-state index contributed by atoms with van der Waals surface area (Å²) >= 11 is 1.82. The van der Waals surface area contributed by atoms with Gasteiger partial charge in [0.25, 0.3) is 0 Å². The van der Waals surface area contributed by atoms with Crippen molar-refractivity contribution in [2.45, 2.75) is 19.4 Å². The van der Waals surface area contributed by atoms with Crippen molar-refractivity contribution < 1.29 is 14.3 Å². The van der Waals surface area contributed by atoms with Crippen molar-refractivity contribution in [3.05, 3.63) is 45.6 Å². The molecule has 1 aromatic heterocycles. The van der Waals surface area contributed by atoms with Crippen LogP contribution < -0.4 is 14.8 Å². The highest BCUT2D eigenvalue weighted by molar-refractivity contribution is 7.10. The Morgan fingerprint density at radius 1 is 1.20 bits per heavy atom. The maximum atomic E-state index is 12.2. The molecule has 2 aliphatic heterocycles. The van der Waals surface area contributed by atoms with Crippen LogP contribution in [0, 0.1) is 0 Å². The Hall–Kier alpha value is -2.05. The van der Waals surface area contributed by atoms with Crippen LogP contribution in [0.15, 0.2) is 29.6 Å². The molecule has 3 heterocycles. The Morgan fingerprint density at radius 2 is 2.08 bits per heavy atom. The van der Waals surface area contributed by atoms with Gasteiger partial charge >= 0.3 is 0 Å². The summed E-state index contributed by atoms with van der Waals surface area (Å²) < 4.78 is 11.1. The second-order valence-electron chi connectivity index (χ2n) is 6.41. The molecule has 2 aliphatic rings. The van der Waals surface area contributed by atoms with Crippen LogP contribution in [0.2, 0.25) is 0 Å². The molecule has 6 heteroatoms. The van der Waals surface area contributed by atoms with E-state index in [1.807, 2.05) is 29.5 Å². The topological polar surface area (TPSA) is 50.8 Å². The van der Waals surface area contributed by atoms with Gasteiger partial charge in [0.15, 0.2) is 11.5 Å². The Kier molecular flexibility index (Phi) is 4.90. The number of rotatable bonds is 5. The molecule has 0 atom stereocenters. The zero-order valence-electron chi connectivity index (χ0n) is 14.1. The summed E-state index contributed by atoms with van der Waals surface area (Å²) in [6.45, 7) is 4.14. The molecule has 0 unspecified atom stereocenters. The molecule has 1 N–H and O–H groups in total. The van der Waals surface area contributed by atoms with Crippen molar-refractivity contribution >= 4 is 17.2 Å². The van der Waals surface area contributed by atoms with Crippen molar-refractivity contribution in [2.75, 3.05) is 32.8 Å². The number of thiophene rings is 1. The fourth-order valence-corrected chi connectivity index (χ4v) is 4.18. The number of carbonyl (C=O) groups is 1. The molecular formula is C19H22N2O3S. The van der Waals surface area contributed by atoms with E-state index in [1.54, 1.807) is 0 Å². The lowest BCUT2D eigenvalue weighted by Gasteiger charge is -2.26. The molecule has 0 radical (unpaired) electrons. The summed E-state index contributed by atoms with van der Waals surface area (Å²) in [6.07, 6.45) is 1.84. The molecule has 5 nitrogen and oxygen atoms in total. The maximum Gasteiger partial charge on any atom is 0.234 e. The van der Waals surface area contributed by atoms with E-state index >= 15 is 0 Å². The fourth-order valence-electron chi connectivity index (χ4n) is 3.29. The molecular weight excluding hydrogens is 336 g/mol. The molecule has 0 spiro atoms. The number of nitrogens with zero attached hydrogens (tertiary/aromatic N) is 1. The predicted molar refractivity (Wildman–Crippen MR) is 97.4 cm³/mol. The van der Waals surface area contributed by atoms with E-state index in [4.69, 9.17) is 9.47 Å². The number of amides is 1. The highest BCUT2D eigenvalue weighted by Crippen LogP contribution is 2.30. The van der Waals surface area contributed by atoms with Gasteiger partial charge in [0.1, 0.15) is 13.2 Å². The number of hydrogen-bond acceptors (Lipinski definition) is 5. The summed E-state index contributed by atoms with van der Waals surface area (Å²) in [5, 5.41) is 5.17. The third-order valence-electron chi connectivity index (χ3n) is 4.60. The molecule has 4 rings (SSSR count). The fraction of sp³-hybridized carbons (Fsp3) is 0.421. The van der Waals surface area contributed by atoms with Gasteiger partial charge in [0.05, 0.1) is 6.54 Å². The number of carbonyl (C=O) groups excluding carboxylic acids is 1. The molecule has 1 aromatic carbocycles. The summed E-state index contributed by atoms with van der Waals surface area (Å²) in [5.74, 6) is 1.70. The number of ether oxygens (including phenoxy) is 2. The van der Waals surface area contributed by atoms with Gasteiger partial charge in [0.2, 0.25) is 5.91 Å². The van der Waals surface area contributed by atoms with E-state index < -0.39 is 0 Å². The first kappa shape index (κ1) is 16.4. The Morgan fingerprint density at radius 3 is 3.00 bits per heavy atom. The minimum Gasteiger partial charge on any atom is -0.486 e. The molecule has 25 heavy (non-hydrogen) atoms. The monoisotopic (exact) mass is 358 g/mol. The zero-order valence-corrected chi connectivity index (χ0v) is 14.9. The predicted octanol–water partition coefficient (Wildman–Crippen LogP) is 2.24. The van der Waals surface area contributed by atoms with E-state index in [0.717, 1.165) is 43.0 Å². The third kappa shape index (κ3) is 3.96. The van der Waals surface area contributed by atoms with Gasteiger partial charge in [-0.1, -0.05) is 6.07 Å². The van der Waals surface area contributed by atoms with Gasteiger partial charge in [-0.15, -0.1) is 11.3 Å². The Labute approximate surface area is 151 Å². The van der Waals surface area contributed by atoms with Crippen LogP contribution in [0.25, 0.3) is 0 Å². The maximum absolute atomic E-state index is 12.2. The number of benzene rings is 1. The van der Waals surface area contributed by atoms with Crippen molar-refractivity contribution in [1.29, 1.82) is 0 Å². The minimum absolute atomic E-state index is 0.0937. The lowest BCUT2D eigenvalue weighted by Crippen LogP contribution is -2.40. The summed E-state index contributed by atoms with van der Waals surface area (Å²) in [6, 6.07) is 8.15. The minimum atomic E-state index is 0.0937. The van der Waals surface area contributed by atoms with Crippen molar-refractivity contribution in [3.8, 4) is 11.5 Å². The summed E-state index contributed by atoms with van der Waals surface area (Å²) in [5.41, 5.74) is 2.52. The zero-order chi connectivity index (χ0) is 17.1. The van der Waals surface area contributed by atoms with E-state index in [-0.39, 0.29) is 5.91 Å². The number of fused-ring (bicyclic) bond motifs is 2. The molecule has 0 aliphatic carbocycles. The van der Waals surface area contributed by atoms with Crippen LogP contribution in [-0.4, -0.2) is 43.7 Å². The van der Waals surface area contributed by atoms with Crippen LogP contribution in [0.1, 0.15) is 16.0 Å². The van der Waals surface area contributed by atoms with Crippen LogP contribution in [0.3, 0.4) is 0 Å². The van der Waals surface area contributed by atoms with E-state index in [2.05, 4.69) is 21.7 Å².